The summed E-state index contributed by atoms with van der Waals surface area (Å²) in [6.07, 6.45) is -1.06. The first-order chi connectivity index (χ1) is 19.1. The van der Waals surface area contributed by atoms with E-state index < -0.39 is 41.2 Å². The molecule has 10 heteroatoms. The first kappa shape index (κ1) is 35.1. The Balaban J connectivity index is 1.91. The molecule has 3 rings (SSSR count). The molecule has 0 saturated heterocycles. The zero-order chi connectivity index (χ0) is 31.8. The topological polar surface area (TPSA) is 80.9 Å². The third kappa shape index (κ3) is 7.83. The van der Waals surface area contributed by atoms with Crippen molar-refractivity contribution in [1.29, 1.82) is 0 Å². The maximum Gasteiger partial charge on any atom is 0.429 e. The summed E-state index contributed by atoms with van der Waals surface area (Å²) in [7, 11) is 0. The van der Waals surface area contributed by atoms with Crippen molar-refractivity contribution < 1.29 is 46.8 Å². The van der Waals surface area contributed by atoms with Gasteiger partial charge < -0.3 is 20.4 Å². The first-order valence-corrected chi connectivity index (χ1v) is 15.1. The fourth-order valence-corrected chi connectivity index (χ4v) is 8.11. The maximum absolute atomic E-state index is 13.3. The van der Waals surface area contributed by atoms with E-state index in [9.17, 15) is 46.8 Å². The van der Waals surface area contributed by atoms with Crippen LogP contribution in [0.5, 0.6) is 0 Å². The van der Waals surface area contributed by atoms with Gasteiger partial charge in [-0.15, -0.1) is 0 Å². The molecule has 3 aliphatic carbocycles. The highest BCUT2D eigenvalue weighted by Gasteiger charge is 2.69. The van der Waals surface area contributed by atoms with Gasteiger partial charge in [0.1, 0.15) is 0 Å². The minimum Gasteiger partial charge on any atom is -0.393 e. The predicted octanol–water partition coefficient (Wildman–Crippen LogP) is 7.71. The molecule has 0 aromatic heterocycles. The van der Waals surface area contributed by atoms with Crippen molar-refractivity contribution in [3.8, 4) is 0 Å². The third-order valence-electron chi connectivity index (χ3n) is 10.2. The predicted molar refractivity (Wildman–Crippen MR) is 149 cm³/mol. The van der Waals surface area contributed by atoms with Crippen LogP contribution in [0.2, 0.25) is 0 Å². The highest BCUT2D eigenvalue weighted by Crippen LogP contribution is 2.64. The summed E-state index contributed by atoms with van der Waals surface area (Å²) in [5.41, 5.74) is -4.53. The van der Waals surface area contributed by atoms with Crippen molar-refractivity contribution in [2.45, 2.75) is 141 Å². The van der Waals surface area contributed by atoms with E-state index in [2.05, 4.69) is 13.0 Å². The number of allylic oxidation sites excluding steroid dienone is 4. The Morgan fingerprint density at radius 2 is 1.48 bits per heavy atom. The van der Waals surface area contributed by atoms with Crippen molar-refractivity contribution in [1.82, 2.24) is 0 Å². The largest absolute Gasteiger partial charge is 0.429 e. The van der Waals surface area contributed by atoms with Crippen LogP contribution in [0.1, 0.15) is 105 Å². The smallest absolute Gasteiger partial charge is 0.393 e. The monoisotopic (exact) mass is 610 g/mol. The van der Waals surface area contributed by atoms with E-state index in [1.807, 2.05) is 13.0 Å². The van der Waals surface area contributed by atoms with Crippen molar-refractivity contribution in [2.75, 3.05) is 0 Å². The summed E-state index contributed by atoms with van der Waals surface area (Å²) in [5, 5.41) is 40.1. The molecule has 3 aliphatic rings. The SMILES string of the molecule is CC(C)(O)CCC[C@](C)(C/C=C\C(O)(C(F)(F)F)C(F)(F)F)[C@H]1CCC2/C(=C/C=C3C[C@@H](O)C[C@H](O)C3)CCC[C@@]21C. The molecule has 0 heterocycles. The number of aliphatic hydroxyl groups is 4. The van der Waals surface area contributed by atoms with Gasteiger partial charge >= 0.3 is 12.4 Å². The van der Waals surface area contributed by atoms with Crippen LogP contribution in [0.3, 0.4) is 0 Å². The summed E-state index contributed by atoms with van der Waals surface area (Å²) in [4.78, 5) is 0. The van der Waals surface area contributed by atoms with Crippen LogP contribution in [0.25, 0.3) is 0 Å². The zero-order valence-corrected chi connectivity index (χ0v) is 25.2. The number of aliphatic hydroxyl groups excluding tert-OH is 2. The van der Waals surface area contributed by atoms with Crippen LogP contribution in [-0.4, -0.2) is 56.2 Å². The van der Waals surface area contributed by atoms with Gasteiger partial charge in [0.05, 0.1) is 17.8 Å². The molecule has 3 fully saturated rings. The van der Waals surface area contributed by atoms with Gasteiger partial charge in [-0.3, -0.25) is 0 Å². The van der Waals surface area contributed by atoms with Gasteiger partial charge in [0.25, 0.3) is 5.60 Å². The van der Waals surface area contributed by atoms with E-state index in [1.165, 1.54) is 5.57 Å². The van der Waals surface area contributed by atoms with Crippen LogP contribution in [0.4, 0.5) is 26.3 Å². The number of halogens is 6. The summed E-state index contributed by atoms with van der Waals surface area (Å²) >= 11 is 0. The second-order valence-corrected chi connectivity index (χ2v) is 14.2. The number of alkyl halides is 6. The molecule has 4 N–H and O–H groups in total. The molecule has 0 radical (unpaired) electrons. The van der Waals surface area contributed by atoms with E-state index in [4.69, 9.17) is 0 Å². The molecule has 242 valence electrons. The minimum absolute atomic E-state index is 0.000925. The van der Waals surface area contributed by atoms with Gasteiger partial charge in [-0.2, -0.15) is 26.3 Å². The van der Waals surface area contributed by atoms with Gasteiger partial charge in [-0.05, 0) is 113 Å². The highest BCUT2D eigenvalue weighted by molar-refractivity contribution is 5.27. The molecule has 6 atom stereocenters. The Morgan fingerprint density at radius 3 is 2.02 bits per heavy atom. The summed E-state index contributed by atoms with van der Waals surface area (Å²) in [6, 6.07) is 0. The van der Waals surface area contributed by atoms with Gasteiger partial charge in [-0.25, -0.2) is 0 Å². The highest BCUT2D eigenvalue weighted by atomic mass is 19.4. The van der Waals surface area contributed by atoms with E-state index in [1.54, 1.807) is 13.8 Å². The van der Waals surface area contributed by atoms with Crippen molar-refractivity contribution >= 4 is 0 Å². The van der Waals surface area contributed by atoms with Gasteiger partial charge in [0.15, 0.2) is 0 Å². The Hall–Kier alpha value is -1.36. The number of fused-ring (bicyclic) bond motifs is 1. The van der Waals surface area contributed by atoms with E-state index >= 15 is 0 Å². The number of hydrogen-bond donors (Lipinski definition) is 4. The minimum atomic E-state index is -5.91. The lowest BCUT2D eigenvalue weighted by atomic mass is 9.55. The molecular formula is C32H48F6O4. The second-order valence-electron chi connectivity index (χ2n) is 14.2. The van der Waals surface area contributed by atoms with Crippen LogP contribution in [0, 0.1) is 22.7 Å². The van der Waals surface area contributed by atoms with Gasteiger partial charge in [0, 0.05) is 0 Å². The lowest BCUT2D eigenvalue weighted by Gasteiger charge is -2.49. The van der Waals surface area contributed by atoms with E-state index in [0.717, 1.165) is 43.8 Å². The number of hydrogen-bond acceptors (Lipinski definition) is 4. The zero-order valence-electron chi connectivity index (χ0n) is 25.2. The first-order valence-electron chi connectivity index (χ1n) is 15.1. The quantitative estimate of drug-likeness (QED) is 0.159. The average Bonchev–Trinajstić information content (AvgIpc) is 3.18. The molecule has 0 amide bonds. The van der Waals surface area contributed by atoms with Crippen molar-refractivity contribution in [2.24, 2.45) is 22.7 Å². The number of rotatable bonds is 9. The van der Waals surface area contributed by atoms with E-state index in [0.29, 0.717) is 38.5 Å². The lowest BCUT2D eigenvalue weighted by Crippen LogP contribution is -2.55. The third-order valence-corrected chi connectivity index (χ3v) is 10.2. The molecule has 0 bridgehead atoms. The standard InChI is InChI=1S/C32H48F6O4/c1-27(2,41)13-6-14-28(3,15-7-17-30(42,31(33,34)35)32(36,37)38)26-12-11-25-22(8-5-16-29(25,26)4)10-9-21-18-23(39)20-24(40)19-21/h7,9-10,17,23-26,39-42H,5-6,8,11-16,18-20H2,1-4H3/b17-7-,22-10+/t23-,24-,25?,26-,28-,29+/m1/s1. The lowest BCUT2D eigenvalue weighted by molar-refractivity contribution is -0.347. The molecule has 3 saturated carbocycles. The molecule has 1 unspecified atom stereocenters. The molecule has 0 aromatic rings. The fourth-order valence-electron chi connectivity index (χ4n) is 8.11. The van der Waals surface area contributed by atoms with Gasteiger partial charge in [-0.1, -0.05) is 49.6 Å². The normalized spacial score (nSPS) is 32.3. The molecule has 42 heavy (non-hydrogen) atoms. The Bertz CT molecular complexity index is 997. The average molecular weight is 611 g/mol. The Labute approximate surface area is 245 Å². The van der Waals surface area contributed by atoms with Crippen LogP contribution in [0.15, 0.2) is 35.5 Å². The van der Waals surface area contributed by atoms with Crippen molar-refractivity contribution in [3.63, 3.8) is 0 Å². The van der Waals surface area contributed by atoms with Crippen molar-refractivity contribution in [3.05, 3.63) is 35.5 Å². The Kier molecular flexibility index (Phi) is 10.5. The summed E-state index contributed by atoms with van der Waals surface area (Å²) < 4.78 is 80.1. The molecule has 0 aromatic carbocycles. The summed E-state index contributed by atoms with van der Waals surface area (Å²) in [6.45, 7) is 7.44. The van der Waals surface area contributed by atoms with Crippen LogP contribution >= 0.6 is 0 Å². The molecule has 0 spiro atoms. The van der Waals surface area contributed by atoms with Gasteiger partial charge in [0.2, 0.25) is 0 Å². The van der Waals surface area contributed by atoms with Crippen LogP contribution < -0.4 is 0 Å². The molecule has 4 nitrogen and oxygen atoms in total. The second kappa shape index (κ2) is 12.6. The van der Waals surface area contributed by atoms with Crippen LogP contribution in [-0.2, 0) is 0 Å². The molecular weight excluding hydrogens is 562 g/mol. The fraction of sp³-hybridized carbons (Fsp3) is 0.812. The van der Waals surface area contributed by atoms with E-state index in [-0.39, 0.29) is 29.7 Å². The molecule has 0 aliphatic heterocycles. The Morgan fingerprint density at radius 1 is 0.881 bits per heavy atom. The maximum atomic E-state index is 13.3. The summed E-state index contributed by atoms with van der Waals surface area (Å²) in [5.74, 6) is 0.201.